The van der Waals surface area contributed by atoms with E-state index >= 15 is 0 Å². The third-order valence-corrected chi connectivity index (χ3v) is 1.85. The fourth-order valence-corrected chi connectivity index (χ4v) is 1.24. The van der Waals surface area contributed by atoms with E-state index in [2.05, 4.69) is 4.98 Å². The summed E-state index contributed by atoms with van der Waals surface area (Å²) in [6.07, 6.45) is 3.61. The zero-order valence-electron chi connectivity index (χ0n) is 8.88. The Balaban J connectivity index is 2.89. The molecule has 0 fully saturated rings. The smallest absolute Gasteiger partial charge is 0.248 e. The maximum Gasteiger partial charge on any atom is 0.248 e. The molecule has 0 unspecified atom stereocenters. The summed E-state index contributed by atoms with van der Waals surface area (Å²) < 4.78 is 0. The fourth-order valence-electron chi connectivity index (χ4n) is 1.24. The Kier molecular flexibility index (Phi) is 3.97. The van der Waals surface area contributed by atoms with E-state index in [0.717, 1.165) is 0 Å². The highest BCUT2D eigenvalue weighted by atomic mass is 16.6. The van der Waals surface area contributed by atoms with Gasteiger partial charge >= 0.3 is 0 Å². The summed E-state index contributed by atoms with van der Waals surface area (Å²) >= 11 is 0. The molecule has 1 heterocycles. The van der Waals surface area contributed by atoms with E-state index in [-0.39, 0.29) is 16.5 Å². The van der Waals surface area contributed by atoms with E-state index in [1.807, 2.05) is 19.9 Å². The van der Waals surface area contributed by atoms with E-state index in [4.69, 9.17) is 0 Å². The molecular formula is C11H14N2O2. The van der Waals surface area contributed by atoms with Gasteiger partial charge in [-0.2, -0.15) is 0 Å². The quantitative estimate of drug-likeness (QED) is 0.562. The Morgan fingerprint density at radius 1 is 1.60 bits per heavy atom. The summed E-state index contributed by atoms with van der Waals surface area (Å²) in [4.78, 5) is 14.4. The molecule has 1 aromatic heterocycles. The molecule has 0 aliphatic carbocycles. The summed E-state index contributed by atoms with van der Waals surface area (Å²) in [5.41, 5.74) is 0.841. The van der Waals surface area contributed by atoms with Crippen molar-refractivity contribution in [2.24, 2.45) is 5.92 Å². The van der Waals surface area contributed by atoms with Crippen LogP contribution in [0.15, 0.2) is 30.1 Å². The molecule has 4 heteroatoms. The van der Waals surface area contributed by atoms with Crippen molar-refractivity contribution in [3.8, 4) is 0 Å². The Labute approximate surface area is 88.8 Å². The van der Waals surface area contributed by atoms with Crippen molar-refractivity contribution in [2.75, 3.05) is 0 Å². The molecule has 0 saturated heterocycles. The second-order valence-corrected chi connectivity index (χ2v) is 3.75. The first-order chi connectivity index (χ1) is 7.09. The minimum Gasteiger partial charge on any atom is -0.259 e. The average molecular weight is 206 g/mol. The molecule has 0 N–H and O–H groups in total. The Bertz CT molecular complexity index is 358. The van der Waals surface area contributed by atoms with Gasteiger partial charge in [-0.3, -0.25) is 15.1 Å². The van der Waals surface area contributed by atoms with Crippen molar-refractivity contribution in [3.05, 3.63) is 45.9 Å². The molecule has 0 bridgehead atoms. The predicted octanol–water partition coefficient (Wildman–Crippen LogP) is 2.75. The lowest BCUT2D eigenvalue weighted by Gasteiger charge is -2.01. The summed E-state index contributed by atoms with van der Waals surface area (Å²) in [5.74, 6) is 0.269. The second-order valence-electron chi connectivity index (χ2n) is 3.75. The van der Waals surface area contributed by atoms with Gasteiger partial charge in [0.1, 0.15) is 0 Å². The maximum absolute atomic E-state index is 10.7. The number of hydrogen-bond acceptors (Lipinski definition) is 3. The molecule has 0 atom stereocenters. The molecular weight excluding hydrogens is 192 g/mol. The molecule has 1 aromatic rings. The third-order valence-electron chi connectivity index (χ3n) is 1.85. The van der Waals surface area contributed by atoms with Crippen LogP contribution in [-0.2, 0) is 0 Å². The first kappa shape index (κ1) is 11.4. The zero-order valence-corrected chi connectivity index (χ0v) is 8.88. The van der Waals surface area contributed by atoms with Gasteiger partial charge < -0.3 is 0 Å². The number of rotatable bonds is 4. The minimum absolute atomic E-state index is 0.212. The topological polar surface area (TPSA) is 56.0 Å². The van der Waals surface area contributed by atoms with Gasteiger partial charge in [0.25, 0.3) is 0 Å². The van der Waals surface area contributed by atoms with Crippen LogP contribution in [-0.4, -0.2) is 9.91 Å². The fraction of sp³-hybridized carbons (Fsp3) is 0.364. The van der Waals surface area contributed by atoms with Crippen LogP contribution in [0.25, 0.3) is 6.08 Å². The molecule has 0 aliphatic heterocycles. The number of nitro groups is 1. The SMILES string of the molecule is CC(C)CC(=Cc1ccccn1)[N+](=O)[O-]. The number of aromatic nitrogens is 1. The van der Waals surface area contributed by atoms with Crippen molar-refractivity contribution >= 4 is 6.08 Å². The zero-order chi connectivity index (χ0) is 11.3. The number of allylic oxidation sites excluding steroid dienone is 1. The highest BCUT2D eigenvalue weighted by Gasteiger charge is 2.12. The summed E-state index contributed by atoms with van der Waals surface area (Å²) in [5, 5.41) is 10.7. The van der Waals surface area contributed by atoms with E-state index in [1.165, 1.54) is 6.08 Å². The summed E-state index contributed by atoms with van der Waals surface area (Å²) in [6.45, 7) is 3.91. The van der Waals surface area contributed by atoms with Crippen molar-refractivity contribution in [3.63, 3.8) is 0 Å². The molecule has 80 valence electrons. The highest BCUT2D eigenvalue weighted by Crippen LogP contribution is 2.14. The maximum atomic E-state index is 10.7. The van der Waals surface area contributed by atoms with Gasteiger partial charge in [-0.1, -0.05) is 19.9 Å². The van der Waals surface area contributed by atoms with Gasteiger partial charge in [0.05, 0.1) is 10.6 Å². The van der Waals surface area contributed by atoms with E-state index < -0.39 is 0 Å². The molecule has 15 heavy (non-hydrogen) atoms. The third kappa shape index (κ3) is 3.89. The molecule has 0 aliphatic rings. The first-order valence-electron chi connectivity index (χ1n) is 4.85. The number of pyridine rings is 1. The number of hydrogen-bond donors (Lipinski definition) is 0. The number of nitrogens with zero attached hydrogens (tertiary/aromatic N) is 2. The van der Waals surface area contributed by atoms with Gasteiger partial charge in [-0.15, -0.1) is 0 Å². The molecule has 1 rings (SSSR count). The van der Waals surface area contributed by atoms with E-state index in [9.17, 15) is 10.1 Å². The standard InChI is InChI=1S/C11H14N2O2/c1-9(2)7-11(13(14)15)8-10-5-3-4-6-12-10/h3-6,8-9H,7H2,1-2H3. The van der Waals surface area contributed by atoms with Crippen LogP contribution in [0.1, 0.15) is 26.0 Å². The van der Waals surface area contributed by atoms with E-state index in [0.29, 0.717) is 12.1 Å². The average Bonchev–Trinajstić information content (AvgIpc) is 2.17. The van der Waals surface area contributed by atoms with Crippen LogP contribution in [0.3, 0.4) is 0 Å². The Morgan fingerprint density at radius 3 is 2.80 bits per heavy atom. The van der Waals surface area contributed by atoms with Crippen LogP contribution < -0.4 is 0 Å². The van der Waals surface area contributed by atoms with Crippen LogP contribution in [0.4, 0.5) is 0 Å². The van der Waals surface area contributed by atoms with E-state index in [1.54, 1.807) is 18.3 Å². The lowest BCUT2D eigenvalue weighted by Crippen LogP contribution is -2.02. The summed E-state index contributed by atoms with van der Waals surface area (Å²) in [6, 6.07) is 5.35. The van der Waals surface area contributed by atoms with Gasteiger partial charge in [0, 0.05) is 18.7 Å². The van der Waals surface area contributed by atoms with Gasteiger partial charge in [-0.05, 0) is 18.1 Å². The monoisotopic (exact) mass is 206 g/mol. The Hall–Kier alpha value is -1.71. The van der Waals surface area contributed by atoms with Gasteiger partial charge in [0.2, 0.25) is 5.70 Å². The molecule has 0 amide bonds. The normalized spacial score (nSPS) is 11.8. The molecule has 0 spiro atoms. The van der Waals surface area contributed by atoms with Crippen LogP contribution in [0, 0.1) is 16.0 Å². The van der Waals surface area contributed by atoms with Crippen LogP contribution in [0.5, 0.6) is 0 Å². The van der Waals surface area contributed by atoms with Crippen molar-refractivity contribution in [1.29, 1.82) is 0 Å². The molecule has 0 aromatic carbocycles. The Morgan fingerprint density at radius 2 is 2.33 bits per heavy atom. The van der Waals surface area contributed by atoms with Crippen LogP contribution in [0.2, 0.25) is 0 Å². The highest BCUT2D eigenvalue weighted by molar-refractivity contribution is 5.46. The minimum atomic E-state index is -0.339. The second kappa shape index (κ2) is 5.24. The lowest BCUT2D eigenvalue weighted by molar-refractivity contribution is -0.427. The van der Waals surface area contributed by atoms with Gasteiger partial charge in [0.15, 0.2) is 0 Å². The molecule has 4 nitrogen and oxygen atoms in total. The summed E-state index contributed by atoms with van der Waals surface area (Å²) in [7, 11) is 0. The molecule has 0 radical (unpaired) electrons. The predicted molar refractivity (Wildman–Crippen MR) is 58.7 cm³/mol. The van der Waals surface area contributed by atoms with Crippen molar-refractivity contribution < 1.29 is 4.92 Å². The van der Waals surface area contributed by atoms with Crippen molar-refractivity contribution in [1.82, 2.24) is 4.98 Å². The van der Waals surface area contributed by atoms with Gasteiger partial charge in [-0.25, -0.2) is 0 Å². The molecule has 0 saturated carbocycles. The largest absolute Gasteiger partial charge is 0.259 e. The van der Waals surface area contributed by atoms with Crippen LogP contribution >= 0.6 is 0 Å². The first-order valence-corrected chi connectivity index (χ1v) is 4.85. The van der Waals surface area contributed by atoms with Crippen molar-refractivity contribution in [2.45, 2.75) is 20.3 Å². The lowest BCUT2D eigenvalue weighted by atomic mass is 10.1.